The van der Waals surface area contributed by atoms with Crippen LogP contribution in [0.1, 0.15) is 32.8 Å². The van der Waals surface area contributed by atoms with Gasteiger partial charge in [-0.3, -0.25) is 0 Å². The van der Waals surface area contributed by atoms with E-state index >= 15 is 0 Å². The predicted octanol–water partition coefficient (Wildman–Crippen LogP) is 3.25. The topological polar surface area (TPSA) is 64.6 Å². The molecule has 22 heavy (non-hydrogen) atoms. The van der Waals surface area contributed by atoms with Gasteiger partial charge in [-0.15, -0.1) is 0 Å². The quantitative estimate of drug-likeness (QED) is 0.643. The van der Waals surface area contributed by atoms with E-state index < -0.39 is 23.7 Å². The number of carbonyl (C=O) groups excluding carboxylic acids is 2. The van der Waals surface area contributed by atoms with Crippen molar-refractivity contribution in [2.45, 2.75) is 45.3 Å². The summed E-state index contributed by atoms with van der Waals surface area (Å²) in [5, 5.41) is 2.53. The average Bonchev–Trinajstić information content (AvgIpc) is 2.42. The van der Waals surface area contributed by atoms with Crippen molar-refractivity contribution < 1.29 is 19.1 Å². The number of halogens is 1. The summed E-state index contributed by atoms with van der Waals surface area (Å²) in [4.78, 5) is 23.7. The van der Waals surface area contributed by atoms with Gasteiger partial charge in [-0.1, -0.05) is 41.9 Å². The summed E-state index contributed by atoms with van der Waals surface area (Å²) < 4.78 is 9.94. The van der Waals surface area contributed by atoms with Crippen LogP contribution >= 0.6 is 11.6 Å². The number of ether oxygens (including phenoxy) is 2. The van der Waals surface area contributed by atoms with Gasteiger partial charge in [-0.2, -0.15) is 0 Å². The van der Waals surface area contributed by atoms with E-state index in [1.807, 2.05) is 30.3 Å². The molecule has 0 aliphatic carbocycles. The third-order valence-corrected chi connectivity index (χ3v) is 2.85. The molecule has 122 valence electrons. The average molecular weight is 328 g/mol. The van der Waals surface area contributed by atoms with Crippen LogP contribution in [-0.2, 0) is 20.7 Å². The van der Waals surface area contributed by atoms with Crippen molar-refractivity contribution in [1.82, 2.24) is 5.32 Å². The number of alkyl carbamates (subject to hydrolysis) is 1. The van der Waals surface area contributed by atoms with Crippen LogP contribution in [-0.4, -0.2) is 29.8 Å². The second-order valence-electron chi connectivity index (χ2n) is 5.80. The summed E-state index contributed by atoms with van der Waals surface area (Å²) in [6.45, 7) is 5.26. The van der Waals surface area contributed by atoms with Crippen molar-refractivity contribution in [3.05, 3.63) is 35.9 Å². The fourth-order valence-corrected chi connectivity index (χ4v) is 1.92. The first-order chi connectivity index (χ1) is 10.3. The molecule has 1 aromatic carbocycles. The number of rotatable bonds is 6. The molecule has 0 spiro atoms. The molecule has 0 radical (unpaired) electrons. The van der Waals surface area contributed by atoms with Crippen molar-refractivity contribution in [3.8, 4) is 0 Å². The van der Waals surface area contributed by atoms with Gasteiger partial charge in [0.1, 0.15) is 11.6 Å². The Morgan fingerprint density at radius 2 is 1.86 bits per heavy atom. The number of carbonyl (C=O) groups is 2. The van der Waals surface area contributed by atoms with Gasteiger partial charge in [0.25, 0.3) is 0 Å². The van der Waals surface area contributed by atoms with E-state index in [4.69, 9.17) is 21.1 Å². The molecule has 0 aliphatic heterocycles. The molecule has 6 heteroatoms. The van der Waals surface area contributed by atoms with Crippen molar-refractivity contribution >= 4 is 23.7 Å². The van der Waals surface area contributed by atoms with E-state index in [1.165, 1.54) is 0 Å². The van der Waals surface area contributed by atoms with Gasteiger partial charge < -0.3 is 14.8 Å². The molecule has 0 aromatic heterocycles. The number of nitrogens with one attached hydrogen (secondary N) is 1. The maximum atomic E-state index is 11.9. The lowest BCUT2D eigenvalue weighted by molar-refractivity contribution is -0.144. The molecular weight excluding hydrogens is 306 g/mol. The third-order valence-electron chi connectivity index (χ3n) is 2.74. The molecule has 1 aromatic rings. The first-order valence-electron chi connectivity index (χ1n) is 7.08. The molecule has 0 unspecified atom stereocenters. The Kier molecular flexibility index (Phi) is 7.18. The third kappa shape index (κ3) is 7.31. The summed E-state index contributed by atoms with van der Waals surface area (Å²) in [7, 11) is 0. The highest BCUT2D eigenvalue weighted by molar-refractivity contribution is 6.17. The monoisotopic (exact) mass is 327 g/mol. The zero-order chi connectivity index (χ0) is 16.6. The smallest absolute Gasteiger partial charge is 0.408 e. The van der Waals surface area contributed by atoms with Crippen molar-refractivity contribution in [3.63, 3.8) is 0 Å². The van der Waals surface area contributed by atoms with Crippen LogP contribution in [0.15, 0.2) is 30.3 Å². The maximum absolute atomic E-state index is 11.9. The molecule has 0 saturated heterocycles. The highest BCUT2D eigenvalue weighted by Gasteiger charge is 2.25. The van der Waals surface area contributed by atoms with E-state index in [2.05, 4.69) is 5.32 Å². The van der Waals surface area contributed by atoms with Crippen molar-refractivity contribution in [2.75, 3.05) is 6.07 Å². The molecule has 1 rings (SSSR count). The maximum Gasteiger partial charge on any atom is 0.408 e. The second kappa shape index (κ2) is 8.63. The van der Waals surface area contributed by atoms with Crippen molar-refractivity contribution in [1.29, 1.82) is 0 Å². The summed E-state index contributed by atoms with van der Waals surface area (Å²) in [6, 6.07) is 8.62. The zero-order valence-corrected chi connectivity index (χ0v) is 13.9. The molecule has 0 fully saturated rings. The van der Waals surface area contributed by atoms with Gasteiger partial charge in [0.05, 0.1) is 0 Å². The molecule has 0 aliphatic rings. The van der Waals surface area contributed by atoms with Crippen molar-refractivity contribution in [2.24, 2.45) is 0 Å². The fourth-order valence-electron chi connectivity index (χ4n) is 1.81. The van der Waals surface area contributed by atoms with Crippen LogP contribution in [0.2, 0.25) is 0 Å². The largest absolute Gasteiger partial charge is 0.448 e. The van der Waals surface area contributed by atoms with E-state index in [0.29, 0.717) is 12.8 Å². The molecule has 0 bridgehead atoms. The molecule has 1 amide bonds. The molecule has 0 saturated carbocycles. The molecule has 5 nitrogen and oxygen atoms in total. The van der Waals surface area contributed by atoms with E-state index in [-0.39, 0.29) is 6.07 Å². The highest BCUT2D eigenvalue weighted by atomic mass is 35.5. The van der Waals surface area contributed by atoms with Gasteiger partial charge >= 0.3 is 12.1 Å². The summed E-state index contributed by atoms with van der Waals surface area (Å²) in [6.07, 6.45) is 0.370. The number of amides is 1. The predicted molar refractivity (Wildman–Crippen MR) is 84.7 cm³/mol. The first kappa shape index (κ1) is 18.3. The number of benzene rings is 1. The number of alkyl halides is 1. The van der Waals surface area contributed by atoms with Crippen LogP contribution < -0.4 is 5.32 Å². The Labute approximate surface area is 135 Å². The Balaban J connectivity index is 2.63. The molecule has 1 N–H and O–H groups in total. The Morgan fingerprint density at radius 3 is 2.41 bits per heavy atom. The lowest BCUT2D eigenvalue weighted by atomic mass is 10.1. The molecular formula is C16H22ClNO4. The van der Waals surface area contributed by atoms with Gasteiger partial charge in [0, 0.05) is 0 Å². The zero-order valence-electron chi connectivity index (χ0n) is 13.1. The normalized spacial score (nSPS) is 12.4. The van der Waals surface area contributed by atoms with Gasteiger partial charge in [0.2, 0.25) is 0 Å². The summed E-state index contributed by atoms with van der Waals surface area (Å²) in [5.74, 6) is -0.572. The van der Waals surface area contributed by atoms with Crippen LogP contribution in [0, 0.1) is 0 Å². The number of hydrogen-bond donors (Lipinski definition) is 1. The SMILES string of the molecule is CC(C)(C)OC(=O)N[C@@H](CCc1ccccc1)C(=O)OCCl. The number of aryl methyl sites for hydroxylation is 1. The van der Waals surface area contributed by atoms with E-state index in [0.717, 1.165) is 5.56 Å². The molecule has 0 heterocycles. The van der Waals surface area contributed by atoms with E-state index in [9.17, 15) is 9.59 Å². The Bertz CT molecular complexity index is 485. The van der Waals surface area contributed by atoms with Crippen LogP contribution in [0.25, 0.3) is 0 Å². The summed E-state index contributed by atoms with van der Waals surface area (Å²) >= 11 is 5.41. The van der Waals surface area contributed by atoms with Gasteiger partial charge in [-0.05, 0) is 39.2 Å². The van der Waals surface area contributed by atoms with Gasteiger partial charge in [0.15, 0.2) is 6.07 Å². The van der Waals surface area contributed by atoms with Crippen LogP contribution in [0.5, 0.6) is 0 Å². The minimum Gasteiger partial charge on any atom is -0.448 e. The lowest BCUT2D eigenvalue weighted by Crippen LogP contribution is -2.44. The minimum absolute atomic E-state index is 0.253. The van der Waals surface area contributed by atoms with Crippen LogP contribution in [0.3, 0.4) is 0 Å². The van der Waals surface area contributed by atoms with Crippen LogP contribution in [0.4, 0.5) is 4.79 Å². The summed E-state index contributed by atoms with van der Waals surface area (Å²) in [5.41, 5.74) is 0.432. The number of esters is 1. The Morgan fingerprint density at radius 1 is 1.23 bits per heavy atom. The molecule has 1 atom stereocenters. The van der Waals surface area contributed by atoms with E-state index in [1.54, 1.807) is 20.8 Å². The first-order valence-corrected chi connectivity index (χ1v) is 7.61. The lowest BCUT2D eigenvalue weighted by Gasteiger charge is -2.22. The standard InChI is InChI=1S/C16H22ClNO4/c1-16(2,3)22-15(20)18-13(14(19)21-11-17)10-9-12-7-5-4-6-8-12/h4-8,13H,9-11H2,1-3H3,(H,18,20)/t13-/m0/s1. The second-order valence-corrected chi connectivity index (χ2v) is 6.01. The Hall–Kier alpha value is -1.75. The highest BCUT2D eigenvalue weighted by Crippen LogP contribution is 2.10. The fraction of sp³-hybridized carbons (Fsp3) is 0.500. The minimum atomic E-state index is -0.797. The van der Waals surface area contributed by atoms with Gasteiger partial charge in [-0.25, -0.2) is 9.59 Å². The number of hydrogen-bond acceptors (Lipinski definition) is 4.